The summed E-state index contributed by atoms with van der Waals surface area (Å²) < 4.78 is 0. The van der Waals surface area contributed by atoms with Gasteiger partial charge in [0.2, 0.25) is 0 Å². The lowest BCUT2D eigenvalue weighted by atomic mass is 9.99. The molecule has 0 radical (unpaired) electrons. The third kappa shape index (κ3) is 2.75. The lowest BCUT2D eigenvalue weighted by Crippen LogP contribution is -1.94. The van der Waals surface area contributed by atoms with Crippen molar-refractivity contribution in [1.82, 2.24) is 0 Å². The molecule has 0 saturated carbocycles. The van der Waals surface area contributed by atoms with Crippen LogP contribution in [0.3, 0.4) is 0 Å². The van der Waals surface area contributed by atoms with E-state index in [1.54, 1.807) is 0 Å². The Morgan fingerprint density at radius 3 is 2.29 bits per heavy atom. The molecule has 1 heteroatoms. The van der Waals surface area contributed by atoms with Gasteiger partial charge in [-0.25, -0.2) is 0 Å². The van der Waals surface area contributed by atoms with E-state index in [-0.39, 0.29) is 6.10 Å². The van der Waals surface area contributed by atoms with Gasteiger partial charge in [-0.05, 0) is 36.1 Å². The Kier molecular flexibility index (Phi) is 3.60. The Bertz CT molecular complexity index is 502. The van der Waals surface area contributed by atoms with Crippen LogP contribution in [0, 0.1) is 6.92 Å². The van der Waals surface area contributed by atoms with Gasteiger partial charge in [0.05, 0.1) is 6.10 Å². The molecule has 0 heterocycles. The van der Waals surface area contributed by atoms with E-state index in [4.69, 9.17) is 0 Å². The second-order valence-corrected chi connectivity index (χ2v) is 4.42. The van der Waals surface area contributed by atoms with E-state index < -0.39 is 0 Å². The van der Waals surface area contributed by atoms with Crippen molar-refractivity contribution in [2.24, 2.45) is 0 Å². The van der Waals surface area contributed by atoms with Crippen molar-refractivity contribution in [3.8, 4) is 11.1 Å². The third-order valence-corrected chi connectivity index (χ3v) is 3.01. The van der Waals surface area contributed by atoms with Crippen LogP contribution >= 0.6 is 0 Å². The van der Waals surface area contributed by atoms with E-state index in [1.165, 1.54) is 16.7 Å². The molecule has 17 heavy (non-hydrogen) atoms. The first kappa shape index (κ1) is 11.9. The molecule has 1 atom stereocenters. The summed E-state index contributed by atoms with van der Waals surface area (Å²) in [6.07, 6.45) is 0.386. The summed E-state index contributed by atoms with van der Waals surface area (Å²) in [5, 5.41) is 9.86. The fraction of sp³-hybridized carbons (Fsp3) is 0.250. The predicted octanol–water partition coefficient (Wildman–Crippen LogP) is 4.11. The van der Waals surface area contributed by atoms with Gasteiger partial charge < -0.3 is 5.11 Å². The zero-order chi connectivity index (χ0) is 12.3. The van der Waals surface area contributed by atoms with Crippen LogP contribution in [0.25, 0.3) is 11.1 Å². The smallest absolute Gasteiger partial charge is 0.0787 e. The van der Waals surface area contributed by atoms with Gasteiger partial charge in [-0.1, -0.05) is 55.0 Å². The van der Waals surface area contributed by atoms with Gasteiger partial charge in [-0.15, -0.1) is 0 Å². The minimum absolute atomic E-state index is 0.361. The highest BCUT2D eigenvalue weighted by Crippen LogP contribution is 2.25. The molecule has 2 aromatic carbocycles. The Labute approximate surface area is 103 Å². The number of aliphatic hydroxyl groups is 1. The fourth-order valence-electron chi connectivity index (χ4n) is 1.99. The second-order valence-electron chi connectivity index (χ2n) is 4.42. The molecule has 2 rings (SSSR count). The zero-order valence-corrected chi connectivity index (χ0v) is 10.4. The second kappa shape index (κ2) is 5.15. The predicted molar refractivity (Wildman–Crippen MR) is 71.9 cm³/mol. The topological polar surface area (TPSA) is 20.2 Å². The molecule has 0 aromatic heterocycles. The molecule has 0 saturated heterocycles. The van der Waals surface area contributed by atoms with Crippen molar-refractivity contribution in [3.63, 3.8) is 0 Å². The summed E-state index contributed by atoms with van der Waals surface area (Å²) >= 11 is 0. The van der Waals surface area contributed by atoms with Gasteiger partial charge in [0.1, 0.15) is 0 Å². The number of aliphatic hydroxyl groups excluding tert-OH is 1. The summed E-state index contributed by atoms with van der Waals surface area (Å²) in [6, 6.07) is 16.6. The summed E-state index contributed by atoms with van der Waals surface area (Å²) in [6.45, 7) is 4.08. The average Bonchev–Trinajstić information content (AvgIpc) is 2.38. The van der Waals surface area contributed by atoms with Crippen molar-refractivity contribution in [1.29, 1.82) is 0 Å². The maximum atomic E-state index is 9.86. The van der Waals surface area contributed by atoms with Crippen LogP contribution in [-0.2, 0) is 0 Å². The summed E-state index contributed by atoms with van der Waals surface area (Å²) in [5.41, 5.74) is 4.62. The molecule has 0 aliphatic carbocycles. The Balaban J connectivity index is 2.39. The van der Waals surface area contributed by atoms with Crippen molar-refractivity contribution < 1.29 is 5.11 Å². The highest BCUT2D eigenvalue weighted by molar-refractivity contribution is 5.64. The molecule has 2 aromatic rings. The normalized spacial score (nSPS) is 12.4. The lowest BCUT2D eigenvalue weighted by Gasteiger charge is -2.10. The van der Waals surface area contributed by atoms with Crippen molar-refractivity contribution in [2.75, 3.05) is 0 Å². The lowest BCUT2D eigenvalue weighted by molar-refractivity contribution is 0.174. The van der Waals surface area contributed by atoms with Crippen LogP contribution in [0.5, 0.6) is 0 Å². The van der Waals surface area contributed by atoms with Gasteiger partial charge in [0.15, 0.2) is 0 Å². The standard InChI is InChI=1S/C16H18O/c1-3-16(17)15-9-5-8-14(11-15)13-7-4-6-12(2)10-13/h4-11,16-17H,3H2,1-2H3. The van der Waals surface area contributed by atoms with E-state index in [9.17, 15) is 5.11 Å². The Hall–Kier alpha value is -1.60. The van der Waals surface area contributed by atoms with Crippen molar-refractivity contribution in [2.45, 2.75) is 26.4 Å². The molecule has 88 valence electrons. The Morgan fingerprint density at radius 1 is 1.00 bits per heavy atom. The maximum Gasteiger partial charge on any atom is 0.0787 e. The van der Waals surface area contributed by atoms with Crippen LogP contribution in [0.15, 0.2) is 48.5 Å². The minimum atomic E-state index is -0.361. The molecule has 0 aliphatic heterocycles. The molecule has 0 aliphatic rings. The maximum absolute atomic E-state index is 9.86. The van der Waals surface area contributed by atoms with Crippen LogP contribution in [0.2, 0.25) is 0 Å². The summed E-state index contributed by atoms with van der Waals surface area (Å²) in [4.78, 5) is 0. The summed E-state index contributed by atoms with van der Waals surface area (Å²) in [5.74, 6) is 0. The molecular weight excluding hydrogens is 208 g/mol. The molecule has 1 unspecified atom stereocenters. The van der Waals surface area contributed by atoms with Crippen LogP contribution < -0.4 is 0 Å². The fourth-order valence-corrected chi connectivity index (χ4v) is 1.99. The monoisotopic (exact) mass is 226 g/mol. The number of hydrogen-bond donors (Lipinski definition) is 1. The minimum Gasteiger partial charge on any atom is -0.388 e. The van der Waals surface area contributed by atoms with Crippen molar-refractivity contribution in [3.05, 3.63) is 59.7 Å². The first-order valence-electron chi connectivity index (χ1n) is 6.05. The van der Waals surface area contributed by atoms with E-state index in [1.807, 2.05) is 19.1 Å². The number of benzene rings is 2. The molecule has 0 spiro atoms. The number of rotatable bonds is 3. The van der Waals surface area contributed by atoms with Gasteiger partial charge >= 0.3 is 0 Å². The van der Waals surface area contributed by atoms with Gasteiger partial charge in [0.25, 0.3) is 0 Å². The molecule has 1 N–H and O–H groups in total. The molecule has 0 fully saturated rings. The number of aryl methyl sites for hydroxylation is 1. The third-order valence-electron chi connectivity index (χ3n) is 3.01. The average molecular weight is 226 g/mol. The van der Waals surface area contributed by atoms with E-state index in [0.717, 1.165) is 12.0 Å². The molecular formula is C16H18O. The van der Waals surface area contributed by atoms with E-state index in [0.29, 0.717) is 0 Å². The van der Waals surface area contributed by atoms with E-state index >= 15 is 0 Å². The summed E-state index contributed by atoms with van der Waals surface area (Å²) in [7, 11) is 0. The number of hydrogen-bond acceptors (Lipinski definition) is 1. The molecule has 0 amide bonds. The van der Waals surface area contributed by atoms with Gasteiger partial charge in [0, 0.05) is 0 Å². The highest BCUT2D eigenvalue weighted by Gasteiger charge is 2.06. The van der Waals surface area contributed by atoms with E-state index in [2.05, 4.69) is 43.3 Å². The zero-order valence-electron chi connectivity index (χ0n) is 10.4. The first-order chi connectivity index (χ1) is 8.20. The van der Waals surface area contributed by atoms with Crippen molar-refractivity contribution >= 4 is 0 Å². The Morgan fingerprint density at radius 2 is 1.65 bits per heavy atom. The van der Waals surface area contributed by atoms with Gasteiger partial charge in [-0.2, -0.15) is 0 Å². The molecule has 1 nitrogen and oxygen atoms in total. The SMILES string of the molecule is CCC(O)c1cccc(-c2cccc(C)c2)c1. The van der Waals surface area contributed by atoms with Gasteiger partial charge in [-0.3, -0.25) is 0 Å². The van der Waals surface area contributed by atoms with Crippen LogP contribution in [0.4, 0.5) is 0 Å². The van der Waals surface area contributed by atoms with Crippen LogP contribution in [-0.4, -0.2) is 5.11 Å². The quantitative estimate of drug-likeness (QED) is 0.835. The largest absolute Gasteiger partial charge is 0.388 e. The molecule has 0 bridgehead atoms. The first-order valence-corrected chi connectivity index (χ1v) is 6.05. The highest BCUT2D eigenvalue weighted by atomic mass is 16.3. The van der Waals surface area contributed by atoms with Crippen LogP contribution in [0.1, 0.15) is 30.6 Å².